The maximum atomic E-state index is 2.30. The SMILES string of the molecule is CCSC(CC)C(C)C. The van der Waals surface area contributed by atoms with Gasteiger partial charge in [0.1, 0.15) is 0 Å². The summed E-state index contributed by atoms with van der Waals surface area (Å²) in [6.45, 7) is 9.11. The summed E-state index contributed by atoms with van der Waals surface area (Å²) >= 11 is 2.08. The van der Waals surface area contributed by atoms with Crippen molar-refractivity contribution in [3.8, 4) is 0 Å². The van der Waals surface area contributed by atoms with E-state index in [0.717, 1.165) is 11.2 Å². The Kier molecular flexibility index (Phi) is 5.36. The molecular weight excluding hydrogens is 128 g/mol. The molecule has 0 bridgehead atoms. The maximum Gasteiger partial charge on any atom is 0.00673 e. The molecule has 0 aromatic carbocycles. The summed E-state index contributed by atoms with van der Waals surface area (Å²) in [5.74, 6) is 2.11. The molecular formula is C8H18S. The lowest BCUT2D eigenvalue weighted by Gasteiger charge is -2.16. The third kappa shape index (κ3) is 3.85. The van der Waals surface area contributed by atoms with Crippen molar-refractivity contribution < 1.29 is 0 Å². The van der Waals surface area contributed by atoms with Crippen LogP contribution in [-0.4, -0.2) is 11.0 Å². The first kappa shape index (κ1) is 9.35. The molecule has 0 saturated heterocycles. The molecule has 1 heteroatoms. The van der Waals surface area contributed by atoms with Gasteiger partial charge >= 0.3 is 0 Å². The van der Waals surface area contributed by atoms with Gasteiger partial charge in [-0.25, -0.2) is 0 Å². The van der Waals surface area contributed by atoms with Gasteiger partial charge in [-0.15, -0.1) is 0 Å². The Balaban J connectivity index is 3.41. The van der Waals surface area contributed by atoms with Gasteiger partial charge in [0.15, 0.2) is 0 Å². The lowest BCUT2D eigenvalue weighted by molar-refractivity contribution is 0.594. The van der Waals surface area contributed by atoms with Crippen LogP contribution in [0.4, 0.5) is 0 Å². The van der Waals surface area contributed by atoms with Gasteiger partial charge in [-0.05, 0) is 18.1 Å². The molecule has 0 aliphatic carbocycles. The van der Waals surface area contributed by atoms with E-state index in [9.17, 15) is 0 Å². The van der Waals surface area contributed by atoms with Crippen molar-refractivity contribution in [2.24, 2.45) is 5.92 Å². The maximum absolute atomic E-state index is 2.30. The van der Waals surface area contributed by atoms with E-state index < -0.39 is 0 Å². The summed E-state index contributed by atoms with van der Waals surface area (Å²) in [6, 6.07) is 0. The topological polar surface area (TPSA) is 0 Å². The molecule has 0 spiro atoms. The Bertz CT molecular complexity index is 59.6. The molecule has 0 aliphatic heterocycles. The van der Waals surface area contributed by atoms with Crippen molar-refractivity contribution in [1.82, 2.24) is 0 Å². The molecule has 0 saturated carbocycles. The van der Waals surface area contributed by atoms with Crippen LogP contribution in [0.3, 0.4) is 0 Å². The van der Waals surface area contributed by atoms with Crippen LogP contribution in [0.5, 0.6) is 0 Å². The highest BCUT2D eigenvalue weighted by Crippen LogP contribution is 2.21. The molecule has 56 valence electrons. The summed E-state index contributed by atoms with van der Waals surface area (Å²) in [4.78, 5) is 0. The standard InChI is InChI=1S/C8H18S/c1-5-8(7(3)4)9-6-2/h7-8H,5-6H2,1-4H3. The zero-order valence-electron chi connectivity index (χ0n) is 6.98. The molecule has 0 aliphatic rings. The second-order valence-corrected chi connectivity index (χ2v) is 4.16. The average Bonchev–Trinajstić information content (AvgIpc) is 1.82. The minimum absolute atomic E-state index is 0.847. The lowest BCUT2D eigenvalue weighted by atomic mass is 10.1. The molecule has 0 N–H and O–H groups in total. The molecule has 0 fully saturated rings. The summed E-state index contributed by atoms with van der Waals surface area (Å²) < 4.78 is 0. The van der Waals surface area contributed by atoms with Crippen LogP contribution in [0.1, 0.15) is 34.1 Å². The fourth-order valence-corrected chi connectivity index (χ4v) is 2.04. The van der Waals surface area contributed by atoms with Crippen LogP contribution in [-0.2, 0) is 0 Å². The third-order valence-electron chi connectivity index (χ3n) is 1.53. The first-order valence-corrected chi connectivity index (χ1v) is 4.88. The minimum atomic E-state index is 0.847. The molecule has 0 radical (unpaired) electrons. The Hall–Kier alpha value is 0.350. The fourth-order valence-electron chi connectivity index (χ4n) is 0.996. The van der Waals surface area contributed by atoms with Crippen LogP contribution in [0.15, 0.2) is 0 Å². The molecule has 9 heavy (non-hydrogen) atoms. The van der Waals surface area contributed by atoms with Crippen molar-refractivity contribution in [1.29, 1.82) is 0 Å². The van der Waals surface area contributed by atoms with Crippen molar-refractivity contribution in [2.75, 3.05) is 5.75 Å². The number of thioether (sulfide) groups is 1. The van der Waals surface area contributed by atoms with Gasteiger partial charge in [-0.3, -0.25) is 0 Å². The van der Waals surface area contributed by atoms with Gasteiger partial charge in [0.2, 0.25) is 0 Å². The van der Waals surface area contributed by atoms with E-state index in [0.29, 0.717) is 0 Å². The molecule has 0 nitrogen and oxygen atoms in total. The van der Waals surface area contributed by atoms with E-state index in [2.05, 4.69) is 39.5 Å². The van der Waals surface area contributed by atoms with Gasteiger partial charge in [-0.2, -0.15) is 11.8 Å². The van der Waals surface area contributed by atoms with Gasteiger partial charge in [0.05, 0.1) is 0 Å². The Labute approximate surface area is 63.4 Å². The molecule has 0 heterocycles. The number of hydrogen-bond acceptors (Lipinski definition) is 1. The van der Waals surface area contributed by atoms with Gasteiger partial charge in [0.25, 0.3) is 0 Å². The normalized spacial score (nSPS) is 14.3. The second-order valence-electron chi connectivity index (χ2n) is 2.65. The molecule has 0 amide bonds. The van der Waals surface area contributed by atoms with E-state index in [1.54, 1.807) is 0 Å². The van der Waals surface area contributed by atoms with Crippen LogP contribution in [0, 0.1) is 5.92 Å². The van der Waals surface area contributed by atoms with Crippen LogP contribution in [0.2, 0.25) is 0 Å². The van der Waals surface area contributed by atoms with E-state index in [4.69, 9.17) is 0 Å². The molecule has 0 rings (SSSR count). The monoisotopic (exact) mass is 146 g/mol. The molecule has 1 atom stereocenters. The number of rotatable bonds is 4. The third-order valence-corrected chi connectivity index (χ3v) is 3.17. The zero-order chi connectivity index (χ0) is 7.28. The van der Waals surface area contributed by atoms with Crippen molar-refractivity contribution in [2.45, 2.75) is 39.4 Å². The number of hydrogen-bond donors (Lipinski definition) is 0. The zero-order valence-corrected chi connectivity index (χ0v) is 7.79. The summed E-state index contributed by atoms with van der Waals surface area (Å²) in [5.41, 5.74) is 0. The van der Waals surface area contributed by atoms with E-state index in [1.807, 2.05) is 0 Å². The van der Waals surface area contributed by atoms with Crippen molar-refractivity contribution in [3.05, 3.63) is 0 Å². The summed E-state index contributed by atoms with van der Waals surface area (Å²) in [7, 11) is 0. The predicted molar refractivity (Wildman–Crippen MR) is 47.0 cm³/mol. The average molecular weight is 146 g/mol. The van der Waals surface area contributed by atoms with Gasteiger partial charge < -0.3 is 0 Å². The van der Waals surface area contributed by atoms with Crippen LogP contribution >= 0.6 is 11.8 Å². The van der Waals surface area contributed by atoms with E-state index >= 15 is 0 Å². The largest absolute Gasteiger partial charge is 0.159 e. The Morgan fingerprint density at radius 2 is 1.78 bits per heavy atom. The second kappa shape index (κ2) is 5.16. The first-order valence-electron chi connectivity index (χ1n) is 3.83. The highest BCUT2D eigenvalue weighted by atomic mass is 32.2. The lowest BCUT2D eigenvalue weighted by Crippen LogP contribution is -2.09. The summed E-state index contributed by atoms with van der Waals surface area (Å²) in [6.07, 6.45) is 1.32. The highest BCUT2D eigenvalue weighted by Gasteiger charge is 2.08. The first-order chi connectivity index (χ1) is 4.22. The minimum Gasteiger partial charge on any atom is -0.159 e. The summed E-state index contributed by atoms with van der Waals surface area (Å²) in [5, 5.41) is 0.884. The Morgan fingerprint density at radius 3 is 1.89 bits per heavy atom. The smallest absolute Gasteiger partial charge is 0.00673 e. The van der Waals surface area contributed by atoms with Crippen LogP contribution < -0.4 is 0 Å². The fraction of sp³-hybridized carbons (Fsp3) is 1.00. The van der Waals surface area contributed by atoms with Crippen LogP contribution in [0.25, 0.3) is 0 Å². The highest BCUT2D eigenvalue weighted by molar-refractivity contribution is 7.99. The molecule has 0 aromatic heterocycles. The molecule has 1 unspecified atom stereocenters. The quantitative estimate of drug-likeness (QED) is 0.587. The van der Waals surface area contributed by atoms with E-state index in [1.165, 1.54) is 12.2 Å². The van der Waals surface area contributed by atoms with Crippen molar-refractivity contribution in [3.63, 3.8) is 0 Å². The Morgan fingerprint density at radius 1 is 1.22 bits per heavy atom. The van der Waals surface area contributed by atoms with E-state index in [-0.39, 0.29) is 0 Å². The van der Waals surface area contributed by atoms with Crippen molar-refractivity contribution >= 4 is 11.8 Å². The molecule has 0 aromatic rings. The van der Waals surface area contributed by atoms with Gasteiger partial charge in [0, 0.05) is 5.25 Å². The predicted octanol–water partition coefficient (Wildman–Crippen LogP) is 3.17. The van der Waals surface area contributed by atoms with Gasteiger partial charge in [-0.1, -0.05) is 27.7 Å².